The number of fused-ring (bicyclic) bond motifs is 4. The fraction of sp³-hybridized carbons (Fsp3) is 0.517. The largest absolute Gasteiger partial charge is 0.508 e. The van der Waals surface area contributed by atoms with Crippen LogP contribution in [0.3, 0.4) is 0 Å². The number of benzene rings is 1. The van der Waals surface area contributed by atoms with E-state index in [0.29, 0.717) is 23.6 Å². The minimum absolute atomic E-state index is 0.0815. The molecular weight excluding hydrogens is 514 g/mol. The highest BCUT2D eigenvalue weighted by atomic mass is 16.3. The summed E-state index contributed by atoms with van der Waals surface area (Å²) in [6.45, 7) is 3.82. The fourth-order valence-corrected chi connectivity index (χ4v) is 7.68. The van der Waals surface area contributed by atoms with Gasteiger partial charge in [-0.15, -0.1) is 0 Å². The lowest BCUT2D eigenvalue weighted by Crippen LogP contribution is -2.68. The Balaban J connectivity index is 1.40. The maximum Gasteiger partial charge on any atom is 0.261 e. The summed E-state index contributed by atoms with van der Waals surface area (Å²) < 4.78 is 0. The Bertz CT molecular complexity index is 1480. The Morgan fingerprint density at radius 2 is 1.95 bits per heavy atom. The standard InChI is InChI=1S/C29H35N5O6/c1-14-2-5-18(35)7-20(14)28-9-17-13-34(12-15-3-4-15)24(17)29(28,40)10-16-6-19(27(39)33-22(16)11-28)26(38)32-21(25(31)37)8-23(30)36/h2,5-7,15,17,21,24,35,40H,3-4,8-13H2,1H3,(H2,30,36)(H2,31,37)(H,32,38)(H,33,39)/t17?,21-,24+,28+,29+/m0/s1. The molecule has 2 aromatic rings. The molecule has 1 aromatic heterocycles. The van der Waals surface area contributed by atoms with Gasteiger partial charge in [0.2, 0.25) is 11.8 Å². The second kappa shape index (κ2) is 9.17. The number of phenolic OH excluding ortho intramolecular Hbond substituents is 1. The molecule has 1 aromatic carbocycles. The molecule has 8 N–H and O–H groups in total. The third-order valence-corrected chi connectivity index (χ3v) is 9.62. The Labute approximate surface area is 230 Å². The number of aliphatic hydroxyl groups is 1. The molecule has 5 atom stereocenters. The van der Waals surface area contributed by atoms with Crippen molar-refractivity contribution in [1.29, 1.82) is 0 Å². The third-order valence-electron chi connectivity index (χ3n) is 9.62. The number of aromatic nitrogens is 1. The number of primary amides is 2. The molecule has 1 unspecified atom stereocenters. The number of aromatic amines is 1. The summed E-state index contributed by atoms with van der Waals surface area (Å²) in [7, 11) is 0. The van der Waals surface area contributed by atoms with Crippen LogP contribution in [0.2, 0.25) is 0 Å². The van der Waals surface area contributed by atoms with Gasteiger partial charge in [0.15, 0.2) is 0 Å². The monoisotopic (exact) mass is 549 g/mol. The number of aromatic hydroxyl groups is 1. The van der Waals surface area contributed by atoms with Crippen molar-refractivity contribution in [3.8, 4) is 5.75 Å². The Kier molecular flexibility index (Phi) is 6.08. The normalized spacial score (nSPS) is 29.4. The van der Waals surface area contributed by atoms with Gasteiger partial charge in [-0.25, -0.2) is 0 Å². The number of phenols is 1. The fourth-order valence-electron chi connectivity index (χ4n) is 7.68. The Morgan fingerprint density at radius 3 is 2.62 bits per heavy atom. The molecule has 0 radical (unpaired) electrons. The van der Waals surface area contributed by atoms with Crippen LogP contribution in [0.15, 0.2) is 29.1 Å². The highest BCUT2D eigenvalue weighted by Gasteiger charge is 2.70. The summed E-state index contributed by atoms with van der Waals surface area (Å²) >= 11 is 0. The van der Waals surface area contributed by atoms with Crippen molar-refractivity contribution in [3.63, 3.8) is 0 Å². The first kappa shape index (κ1) is 26.5. The number of H-pyrrole nitrogens is 1. The molecule has 40 heavy (non-hydrogen) atoms. The van der Waals surface area contributed by atoms with Crippen LogP contribution in [-0.4, -0.2) is 68.6 Å². The molecule has 6 rings (SSSR count). The predicted octanol–water partition coefficient (Wildman–Crippen LogP) is -0.270. The quantitative estimate of drug-likeness (QED) is 0.261. The molecule has 3 amide bonds. The number of amides is 3. The van der Waals surface area contributed by atoms with Crippen molar-refractivity contribution < 1.29 is 24.6 Å². The first-order valence-corrected chi connectivity index (χ1v) is 13.8. The number of nitrogens with zero attached hydrogens (tertiary/aromatic N) is 1. The molecule has 3 aliphatic carbocycles. The smallest absolute Gasteiger partial charge is 0.261 e. The molecule has 2 saturated carbocycles. The van der Waals surface area contributed by atoms with Gasteiger partial charge < -0.3 is 32.0 Å². The summed E-state index contributed by atoms with van der Waals surface area (Å²) in [5.41, 5.74) is 10.8. The van der Waals surface area contributed by atoms with Crippen LogP contribution < -0.4 is 22.3 Å². The van der Waals surface area contributed by atoms with Crippen LogP contribution in [0.25, 0.3) is 0 Å². The van der Waals surface area contributed by atoms with Gasteiger partial charge >= 0.3 is 0 Å². The highest BCUT2D eigenvalue weighted by Crippen LogP contribution is 2.62. The minimum Gasteiger partial charge on any atom is -0.508 e. The van der Waals surface area contributed by atoms with Crippen molar-refractivity contribution in [2.45, 2.75) is 68.5 Å². The second-order valence-corrected chi connectivity index (χ2v) is 12.3. The van der Waals surface area contributed by atoms with E-state index in [1.54, 1.807) is 12.1 Å². The Morgan fingerprint density at radius 1 is 1.20 bits per heavy atom. The van der Waals surface area contributed by atoms with E-state index in [2.05, 4.69) is 15.2 Å². The van der Waals surface area contributed by atoms with E-state index in [1.165, 1.54) is 18.9 Å². The number of pyridine rings is 1. The van der Waals surface area contributed by atoms with Crippen LogP contribution in [0.4, 0.5) is 0 Å². The van der Waals surface area contributed by atoms with Gasteiger partial charge in [-0.3, -0.25) is 24.1 Å². The number of nitrogens with two attached hydrogens (primary N) is 2. The van der Waals surface area contributed by atoms with Gasteiger partial charge in [0.05, 0.1) is 12.0 Å². The van der Waals surface area contributed by atoms with E-state index in [-0.39, 0.29) is 29.7 Å². The van der Waals surface area contributed by atoms with E-state index in [9.17, 15) is 29.4 Å². The van der Waals surface area contributed by atoms with Crippen LogP contribution in [-0.2, 0) is 27.8 Å². The molecule has 3 fully saturated rings. The summed E-state index contributed by atoms with van der Waals surface area (Å²) in [5.74, 6) is -1.58. The van der Waals surface area contributed by atoms with Crippen LogP contribution in [0, 0.1) is 18.8 Å². The van der Waals surface area contributed by atoms with Crippen molar-refractivity contribution in [2.24, 2.45) is 23.3 Å². The Hall–Kier alpha value is -3.70. The highest BCUT2D eigenvalue weighted by molar-refractivity contribution is 5.98. The molecular formula is C29H35N5O6. The van der Waals surface area contributed by atoms with Gasteiger partial charge in [0.1, 0.15) is 17.4 Å². The lowest BCUT2D eigenvalue weighted by molar-refractivity contribution is -0.124. The van der Waals surface area contributed by atoms with Gasteiger partial charge in [-0.2, -0.15) is 0 Å². The zero-order valence-corrected chi connectivity index (χ0v) is 22.4. The van der Waals surface area contributed by atoms with Crippen molar-refractivity contribution in [1.82, 2.24) is 15.2 Å². The first-order chi connectivity index (χ1) is 18.9. The average molecular weight is 550 g/mol. The molecule has 0 bridgehead atoms. The molecule has 4 aliphatic rings. The van der Waals surface area contributed by atoms with E-state index < -0.39 is 46.8 Å². The topological polar surface area (TPSA) is 192 Å². The van der Waals surface area contributed by atoms with Crippen molar-refractivity contribution in [3.05, 3.63) is 62.6 Å². The molecule has 2 heterocycles. The van der Waals surface area contributed by atoms with Gasteiger partial charge in [-0.05, 0) is 72.9 Å². The summed E-state index contributed by atoms with van der Waals surface area (Å²) in [6, 6.07) is 5.27. The predicted molar refractivity (Wildman–Crippen MR) is 144 cm³/mol. The number of carbonyl (C=O) groups excluding carboxylic acids is 3. The molecule has 0 spiro atoms. The van der Waals surface area contributed by atoms with Crippen molar-refractivity contribution >= 4 is 17.7 Å². The third kappa shape index (κ3) is 4.10. The van der Waals surface area contributed by atoms with Gasteiger partial charge in [-0.1, -0.05) is 6.07 Å². The number of carbonyl (C=O) groups is 3. The molecule has 1 aliphatic heterocycles. The summed E-state index contributed by atoms with van der Waals surface area (Å²) in [5, 5.41) is 25.5. The first-order valence-electron chi connectivity index (χ1n) is 13.8. The summed E-state index contributed by atoms with van der Waals surface area (Å²) in [6.07, 6.45) is 3.18. The maximum absolute atomic E-state index is 13.1. The van der Waals surface area contributed by atoms with E-state index >= 15 is 0 Å². The van der Waals surface area contributed by atoms with Crippen LogP contribution in [0.1, 0.15) is 58.4 Å². The van der Waals surface area contributed by atoms with Gasteiger partial charge in [0.25, 0.3) is 11.5 Å². The number of nitrogens with one attached hydrogen (secondary N) is 2. The number of aryl methyl sites for hydroxylation is 1. The summed E-state index contributed by atoms with van der Waals surface area (Å²) in [4.78, 5) is 54.5. The molecule has 11 nitrogen and oxygen atoms in total. The average Bonchev–Trinajstić information content (AvgIpc) is 3.65. The molecule has 1 saturated heterocycles. The van der Waals surface area contributed by atoms with E-state index in [1.807, 2.05) is 13.0 Å². The maximum atomic E-state index is 13.1. The SMILES string of the molecule is Cc1ccc(O)cc1[C@@]12Cc3[nH]c(=O)c(C(=O)N[C@@H](CC(N)=O)C(N)=O)cc3C[C@@]1(O)[C@H]1C(CN1CC1CC1)C2. The number of likely N-dealkylation sites (tertiary alicyclic amines) is 1. The zero-order valence-electron chi connectivity index (χ0n) is 22.4. The molecule has 212 valence electrons. The lowest BCUT2D eigenvalue weighted by atomic mass is 9.59. The second-order valence-electron chi connectivity index (χ2n) is 12.3. The zero-order chi connectivity index (χ0) is 28.6. The minimum atomic E-state index is -1.35. The lowest BCUT2D eigenvalue weighted by Gasteiger charge is -2.55. The van der Waals surface area contributed by atoms with Crippen molar-refractivity contribution in [2.75, 3.05) is 13.1 Å². The van der Waals surface area contributed by atoms with Crippen LogP contribution in [0.5, 0.6) is 5.75 Å². The molecule has 11 heteroatoms. The van der Waals surface area contributed by atoms with E-state index in [4.69, 9.17) is 11.5 Å². The number of hydrogen-bond acceptors (Lipinski definition) is 7. The van der Waals surface area contributed by atoms with Crippen LogP contribution >= 0.6 is 0 Å². The van der Waals surface area contributed by atoms with Gasteiger partial charge in [0, 0.05) is 43.1 Å². The number of hydrogen-bond donors (Lipinski definition) is 6. The van der Waals surface area contributed by atoms with E-state index in [0.717, 1.165) is 30.6 Å². The number of rotatable bonds is 8.